The molecular formula is C17H20N2OS. The highest BCUT2D eigenvalue weighted by atomic mass is 32.2. The van der Waals surface area contributed by atoms with Crippen LogP contribution in [0.4, 0.5) is 0 Å². The number of amides is 1. The molecule has 4 heteroatoms. The average molecular weight is 300 g/mol. The van der Waals surface area contributed by atoms with Crippen LogP contribution in [0.5, 0.6) is 0 Å². The number of rotatable bonds is 4. The molecule has 3 rings (SSSR count). The Labute approximate surface area is 129 Å². The minimum Gasteiger partial charge on any atom is -0.352 e. The van der Waals surface area contributed by atoms with Crippen LogP contribution in [0, 0.1) is 0 Å². The van der Waals surface area contributed by atoms with E-state index in [1.807, 2.05) is 37.3 Å². The standard InChI is InChI=1S/C17H20N2OS/c1-12(17(20)18-14-7-3-4-8-14)21-16-11-10-13-6-2-5-9-15(13)19-16/h2,5-6,9-12,14H,3-4,7-8H2,1H3,(H,18,20)/t12-/m1/s1. The molecule has 3 nitrogen and oxygen atoms in total. The molecule has 1 saturated carbocycles. The predicted octanol–water partition coefficient (Wildman–Crippen LogP) is 3.77. The van der Waals surface area contributed by atoms with Crippen molar-refractivity contribution in [2.75, 3.05) is 0 Å². The van der Waals surface area contributed by atoms with Crippen molar-refractivity contribution in [2.24, 2.45) is 0 Å². The van der Waals surface area contributed by atoms with Crippen LogP contribution in [0.15, 0.2) is 41.4 Å². The van der Waals surface area contributed by atoms with E-state index in [4.69, 9.17) is 0 Å². The van der Waals surface area contributed by atoms with Gasteiger partial charge in [0.05, 0.1) is 15.8 Å². The summed E-state index contributed by atoms with van der Waals surface area (Å²) in [5.41, 5.74) is 0.978. The van der Waals surface area contributed by atoms with E-state index in [0.717, 1.165) is 28.8 Å². The number of para-hydroxylation sites is 1. The highest BCUT2D eigenvalue weighted by molar-refractivity contribution is 8.00. The fourth-order valence-corrected chi connectivity index (χ4v) is 3.57. The predicted molar refractivity (Wildman–Crippen MR) is 87.5 cm³/mol. The van der Waals surface area contributed by atoms with Gasteiger partial charge in [-0.2, -0.15) is 0 Å². The van der Waals surface area contributed by atoms with Gasteiger partial charge in [-0.05, 0) is 31.9 Å². The molecular weight excluding hydrogens is 280 g/mol. The first-order valence-electron chi connectivity index (χ1n) is 7.55. The third-order valence-electron chi connectivity index (χ3n) is 3.94. The largest absolute Gasteiger partial charge is 0.352 e. The fraction of sp³-hybridized carbons (Fsp3) is 0.412. The Morgan fingerprint density at radius 2 is 2.00 bits per heavy atom. The van der Waals surface area contributed by atoms with Crippen molar-refractivity contribution in [3.05, 3.63) is 36.4 Å². The van der Waals surface area contributed by atoms with Gasteiger partial charge in [0.15, 0.2) is 0 Å². The smallest absolute Gasteiger partial charge is 0.233 e. The summed E-state index contributed by atoms with van der Waals surface area (Å²) in [6.45, 7) is 1.95. The summed E-state index contributed by atoms with van der Waals surface area (Å²) >= 11 is 1.53. The third kappa shape index (κ3) is 3.56. The average Bonchev–Trinajstić information content (AvgIpc) is 3.00. The normalized spacial score (nSPS) is 17.0. The van der Waals surface area contributed by atoms with Crippen LogP contribution in [0.2, 0.25) is 0 Å². The van der Waals surface area contributed by atoms with E-state index in [1.165, 1.54) is 24.6 Å². The molecule has 0 spiro atoms. The number of hydrogen-bond acceptors (Lipinski definition) is 3. The molecule has 1 aliphatic rings. The molecule has 0 unspecified atom stereocenters. The minimum absolute atomic E-state index is 0.112. The molecule has 0 radical (unpaired) electrons. The number of aromatic nitrogens is 1. The molecule has 0 aliphatic heterocycles. The number of nitrogens with zero attached hydrogens (tertiary/aromatic N) is 1. The lowest BCUT2D eigenvalue weighted by Gasteiger charge is -2.16. The van der Waals surface area contributed by atoms with Gasteiger partial charge in [-0.3, -0.25) is 4.79 Å². The van der Waals surface area contributed by atoms with Crippen LogP contribution in [0.25, 0.3) is 10.9 Å². The summed E-state index contributed by atoms with van der Waals surface area (Å²) in [5.74, 6) is 0.127. The Morgan fingerprint density at radius 1 is 1.24 bits per heavy atom. The van der Waals surface area contributed by atoms with Crippen LogP contribution in [-0.2, 0) is 4.79 Å². The van der Waals surface area contributed by atoms with Crippen molar-refractivity contribution in [2.45, 2.75) is 48.9 Å². The van der Waals surface area contributed by atoms with Crippen molar-refractivity contribution < 1.29 is 4.79 Å². The molecule has 110 valence electrons. The summed E-state index contributed by atoms with van der Waals surface area (Å²) in [6, 6.07) is 12.5. The van der Waals surface area contributed by atoms with E-state index in [2.05, 4.69) is 16.4 Å². The first-order chi connectivity index (χ1) is 10.2. The number of benzene rings is 1. The van der Waals surface area contributed by atoms with Crippen molar-refractivity contribution in [1.29, 1.82) is 0 Å². The zero-order valence-electron chi connectivity index (χ0n) is 12.2. The fourth-order valence-electron chi connectivity index (χ4n) is 2.74. The molecule has 1 atom stereocenters. The summed E-state index contributed by atoms with van der Waals surface area (Å²) in [6.07, 6.45) is 4.71. The number of carbonyl (C=O) groups is 1. The minimum atomic E-state index is -0.112. The van der Waals surface area contributed by atoms with E-state index in [1.54, 1.807) is 0 Å². The van der Waals surface area contributed by atoms with E-state index in [0.29, 0.717) is 6.04 Å². The SMILES string of the molecule is C[C@@H](Sc1ccc2ccccc2n1)C(=O)NC1CCCC1. The monoisotopic (exact) mass is 300 g/mol. The van der Waals surface area contributed by atoms with E-state index < -0.39 is 0 Å². The molecule has 2 aromatic rings. The van der Waals surface area contributed by atoms with Crippen molar-refractivity contribution in [3.8, 4) is 0 Å². The number of nitrogens with one attached hydrogen (secondary N) is 1. The quantitative estimate of drug-likeness (QED) is 0.874. The molecule has 1 aliphatic carbocycles. The lowest BCUT2D eigenvalue weighted by atomic mass is 10.2. The molecule has 1 aromatic heterocycles. The first-order valence-corrected chi connectivity index (χ1v) is 8.43. The van der Waals surface area contributed by atoms with Gasteiger partial charge in [-0.25, -0.2) is 4.98 Å². The Morgan fingerprint density at radius 3 is 2.81 bits per heavy atom. The van der Waals surface area contributed by atoms with E-state index >= 15 is 0 Å². The lowest BCUT2D eigenvalue weighted by Crippen LogP contribution is -2.37. The van der Waals surface area contributed by atoms with Gasteiger partial charge in [0.25, 0.3) is 0 Å². The van der Waals surface area contributed by atoms with Crippen molar-refractivity contribution in [1.82, 2.24) is 10.3 Å². The number of thioether (sulfide) groups is 1. The maximum absolute atomic E-state index is 12.2. The zero-order valence-corrected chi connectivity index (χ0v) is 13.0. The Hall–Kier alpha value is -1.55. The van der Waals surface area contributed by atoms with Crippen LogP contribution < -0.4 is 5.32 Å². The van der Waals surface area contributed by atoms with E-state index in [-0.39, 0.29) is 11.2 Å². The molecule has 1 aromatic carbocycles. The van der Waals surface area contributed by atoms with Crippen LogP contribution >= 0.6 is 11.8 Å². The van der Waals surface area contributed by atoms with Gasteiger partial charge in [-0.15, -0.1) is 0 Å². The molecule has 1 N–H and O–H groups in total. The molecule has 1 heterocycles. The van der Waals surface area contributed by atoms with Gasteiger partial charge in [-0.1, -0.05) is 48.9 Å². The Balaban J connectivity index is 1.64. The number of hydrogen-bond donors (Lipinski definition) is 1. The summed E-state index contributed by atoms with van der Waals surface area (Å²) in [4.78, 5) is 16.8. The maximum Gasteiger partial charge on any atom is 0.233 e. The van der Waals surface area contributed by atoms with Gasteiger partial charge < -0.3 is 5.32 Å². The van der Waals surface area contributed by atoms with Crippen molar-refractivity contribution in [3.63, 3.8) is 0 Å². The molecule has 1 fully saturated rings. The Kier molecular flexibility index (Phi) is 4.44. The molecule has 1 amide bonds. The van der Waals surface area contributed by atoms with Gasteiger partial charge >= 0.3 is 0 Å². The summed E-state index contributed by atoms with van der Waals surface area (Å²) in [5, 5.41) is 5.07. The topological polar surface area (TPSA) is 42.0 Å². The molecule has 21 heavy (non-hydrogen) atoms. The number of fused-ring (bicyclic) bond motifs is 1. The second-order valence-electron chi connectivity index (χ2n) is 5.59. The molecule has 0 bridgehead atoms. The summed E-state index contributed by atoms with van der Waals surface area (Å²) in [7, 11) is 0. The molecule has 0 saturated heterocycles. The van der Waals surface area contributed by atoms with Gasteiger partial charge in [0.1, 0.15) is 0 Å². The van der Waals surface area contributed by atoms with Gasteiger partial charge in [0, 0.05) is 11.4 Å². The number of pyridine rings is 1. The maximum atomic E-state index is 12.2. The first kappa shape index (κ1) is 14.4. The third-order valence-corrected chi connectivity index (χ3v) is 4.98. The zero-order chi connectivity index (χ0) is 14.7. The highest BCUT2D eigenvalue weighted by Gasteiger charge is 2.21. The van der Waals surface area contributed by atoms with Crippen molar-refractivity contribution >= 4 is 28.6 Å². The van der Waals surface area contributed by atoms with Gasteiger partial charge in [0.2, 0.25) is 5.91 Å². The lowest BCUT2D eigenvalue weighted by molar-refractivity contribution is -0.120. The van der Waals surface area contributed by atoms with Crippen LogP contribution in [0.1, 0.15) is 32.6 Å². The highest BCUT2D eigenvalue weighted by Crippen LogP contribution is 2.25. The van der Waals surface area contributed by atoms with E-state index in [9.17, 15) is 4.79 Å². The van der Waals surface area contributed by atoms with Crippen LogP contribution in [-0.4, -0.2) is 22.2 Å². The summed E-state index contributed by atoms with van der Waals surface area (Å²) < 4.78 is 0. The number of carbonyl (C=O) groups excluding carboxylic acids is 1. The second-order valence-corrected chi connectivity index (χ2v) is 6.95. The Bertz CT molecular complexity index is 637. The van der Waals surface area contributed by atoms with Crippen LogP contribution in [0.3, 0.4) is 0 Å². The second kappa shape index (κ2) is 6.48.